The minimum absolute atomic E-state index is 0.0198. The van der Waals surface area contributed by atoms with Gasteiger partial charge in [-0.05, 0) is 24.5 Å². The molecule has 0 bridgehead atoms. The highest BCUT2D eigenvalue weighted by Gasteiger charge is 2.21. The van der Waals surface area contributed by atoms with Gasteiger partial charge >= 0.3 is 5.97 Å². The van der Waals surface area contributed by atoms with Crippen LogP contribution in [0.15, 0.2) is 24.3 Å². The van der Waals surface area contributed by atoms with Gasteiger partial charge in [0.25, 0.3) is 0 Å². The standard InChI is InChI=1S/C12H14F2O2/c1-12(13,14)8-10-4-2-3-9(7-10)5-6-11(15)16/h2-4,7H,5-6,8H2,1H3,(H,15,16). The van der Waals surface area contributed by atoms with Crippen molar-refractivity contribution >= 4 is 5.97 Å². The topological polar surface area (TPSA) is 37.3 Å². The van der Waals surface area contributed by atoms with Gasteiger partial charge in [-0.3, -0.25) is 4.79 Å². The number of halogens is 2. The highest BCUT2D eigenvalue weighted by atomic mass is 19.3. The van der Waals surface area contributed by atoms with E-state index < -0.39 is 11.9 Å². The van der Waals surface area contributed by atoms with E-state index in [9.17, 15) is 13.6 Å². The maximum atomic E-state index is 12.8. The molecule has 0 aliphatic heterocycles. The van der Waals surface area contributed by atoms with Crippen LogP contribution >= 0.6 is 0 Å². The Labute approximate surface area is 92.9 Å². The van der Waals surface area contributed by atoms with Gasteiger partial charge in [0.05, 0.1) is 0 Å². The Morgan fingerprint density at radius 3 is 2.56 bits per heavy atom. The van der Waals surface area contributed by atoms with Gasteiger partial charge in [0.2, 0.25) is 5.92 Å². The molecule has 0 aliphatic rings. The number of carbonyl (C=O) groups is 1. The molecule has 0 atom stereocenters. The van der Waals surface area contributed by atoms with Crippen molar-refractivity contribution in [1.29, 1.82) is 0 Å². The molecule has 0 heterocycles. The second-order valence-electron chi connectivity index (χ2n) is 3.96. The molecule has 0 aromatic heterocycles. The quantitative estimate of drug-likeness (QED) is 0.841. The summed E-state index contributed by atoms with van der Waals surface area (Å²) in [4.78, 5) is 10.4. The Morgan fingerprint density at radius 1 is 1.38 bits per heavy atom. The lowest BCUT2D eigenvalue weighted by Crippen LogP contribution is -2.13. The predicted octanol–water partition coefficient (Wildman–Crippen LogP) is 2.90. The first-order chi connectivity index (χ1) is 7.37. The number of hydrogen-bond acceptors (Lipinski definition) is 1. The van der Waals surface area contributed by atoms with E-state index in [-0.39, 0.29) is 12.8 Å². The zero-order chi connectivity index (χ0) is 12.2. The molecule has 0 amide bonds. The Bertz CT molecular complexity index is 370. The smallest absolute Gasteiger partial charge is 0.303 e. The average molecular weight is 228 g/mol. The van der Waals surface area contributed by atoms with Gasteiger partial charge in [-0.25, -0.2) is 8.78 Å². The van der Waals surface area contributed by atoms with Crippen LogP contribution in [0.25, 0.3) is 0 Å². The van der Waals surface area contributed by atoms with E-state index in [1.807, 2.05) is 0 Å². The molecular weight excluding hydrogens is 214 g/mol. The second kappa shape index (κ2) is 5.05. The van der Waals surface area contributed by atoms with E-state index in [2.05, 4.69) is 0 Å². The van der Waals surface area contributed by atoms with Crippen LogP contribution in [-0.4, -0.2) is 17.0 Å². The number of carboxylic acid groups (broad SMARTS) is 1. The molecule has 2 nitrogen and oxygen atoms in total. The van der Waals surface area contributed by atoms with Gasteiger partial charge in [-0.1, -0.05) is 24.3 Å². The third kappa shape index (κ3) is 4.87. The minimum Gasteiger partial charge on any atom is -0.481 e. The Hall–Kier alpha value is -1.45. The Morgan fingerprint density at radius 2 is 2.00 bits per heavy atom. The van der Waals surface area contributed by atoms with Gasteiger partial charge in [-0.15, -0.1) is 0 Å². The highest BCUT2D eigenvalue weighted by molar-refractivity contribution is 5.67. The molecule has 88 valence electrons. The van der Waals surface area contributed by atoms with E-state index in [0.29, 0.717) is 12.0 Å². The summed E-state index contributed by atoms with van der Waals surface area (Å²) in [7, 11) is 0. The average Bonchev–Trinajstić information content (AvgIpc) is 2.12. The number of rotatable bonds is 5. The molecule has 0 fully saturated rings. The van der Waals surface area contributed by atoms with Crippen molar-refractivity contribution in [2.24, 2.45) is 0 Å². The fraction of sp³-hybridized carbons (Fsp3) is 0.417. The molecule has 0 saturated heterocycles. The monoisotopic (exact) mass is 228 g/mol. The van der Waals surface area contributed by atoms with Gasteiger partial charge in [0.1, 0.15) is 0 Å². The highest BCUT2D eigenvalue weighted by Crippen LogP contribution is 2.19. The van der Waals surface area contributed by atoms with E-state index in [0.717, 1.165) is 12.5 Å². The molecule has 0 unspecified atom stereocenters. The molecule has 1 aromatic carbocycles. The molecule has 0 saturated carbocycles. The third-order valence-electron chi connectivity index (χ3n) is 2.13. The van der Waals surface area contributed by atoms with Gasteiger partial charge in [0.15, 0.2) is 0 Å². The van der Waals surface area contributed by atoms with E-state index in [1.54, 1.807) is 24.3 Å². The van der Waals surface area contributed by atoms with E-state index in [1.165, 1.54) is 0 Å². The Kier molecular flexibility index (Phi) is 3.99. The van der Waals surface area contributed by atoms with Crippen molar-refractivity contribution in [1.82, 2.24) is 0 Å². The summed E-state index contributed by atoms with van der Waals surface area (Å²) in [6, 6.07) is 6.69. The molecule has 1 N–H and O–H groups in total. The summed E-state index contributed by atoms with van der Waals surface area (Å²) in [6.45, 7) is 0.872. The first-order valence-corrected chi connectivity index (χ1v) is 5.04. The normalized spacial score (nSPS) is 11.4. The van der Waals surface area contributed by atoms with Gasteiger partial charge in [0, 0.05) is 12.8 Å². The number of carboxylic acids is 1. The van der Waals surface area contributed by atoms with E-state index >= 15 is 0 Å². The largest absolute Gasteiger partial charge is 0.481 e. The van der Waals surface area contributed by atoms with Crippen molar-refractivity contribution in [2.75, 3.05) is 0 Å². The molecule has 4 heteroatoms. The molecule has 1 aromatic rings. The lowest BCUT2D eigenvalue weighted by Gasteiger charge is -2.10. The SMILES string of the molecule is CC(F)(F)Cc1cccc(CCC(=O)O)c1. The van der Waals surface area contributed by atoms with Crippen molar-refractivity contribution in [3.63, 3.8) is 0 Å². The second-order valence-corrected chi connectivity index (χ2v) is 3.96. The van der Waals surface area contributed by atoms with Crippen LogP contribution in [-0.2, 0) is 17.6 Å². The lowest BCUT2D eigenvalue weighted by molar-refractivity contribution is -0.136. The lowest BCUT2D eigenvalue weighted by atomic mass is 10.0. The number of aryl methyl sites for hydroxylation is 1. The molecule has 0 spiro atoms. The zero-order valence-corrected chi connectivity index (χ0v) is 9.04. The van der Waals surface area contributed by atoms with Crippen LogP contribution in [0.2, 0.25) is 0 Å². The van der Waals surface area contributed by atoms with Crippen LogP contribution in [0.3, 0.4) is 0 Å². The third-order valence-corrected chi connectivity index (χ3v) is 2.13. The maximum Gasteiger partial charge on any atom is 0.303 e. The first kappa shape index (κ1) is 12.6. The molecule has 0 radical (unpaired) electrons. The number of benzene rings is 1. The number of hydrogen-bond donors (Lipinski definition) is 1. The van der Waals surface area contributed by atoms with Crippen LogP contribution < -0.4 is 0 Å². The van der Waals surface area contributed by atoms with Crippen LogP contribution in [0.4, 0.5) is 8.78 Å². The zero-order valence-electron chi connectivity index (χ0n) is 9.04. The van der Waals surface area contributed by atoms with Gasteiger partial charge < -0.3 is 5.11 Å². The summed E-state index contributed by atoms with van der Waals surface area (Å²) < 4.78 is 25.5. The van der Waals surface area contributed by atoms with Crippen molar-refractivity contribution in [3.8, 4) is 0 Å². The minimum atomic E-state index is -2.73. The summed E-state index contributed by atoms with van der Waals surface area (Å²) in [5.41, 5.74) is 1.32. The van der Waals surface area contributed by atoms with Crippen molar-refractivity contribution < 1.29 is 18.7 Å². The summed E-state index contributed by atoms with van der Waals surface area (Å²) in [6.07, 6.45) is 0.0817. The molecule has 16 heavy (non-hydrogen) atoms. The molecule has 0 aliphatic carbocycles. The predicted molar refractivity (Wildman–Crippen MR) is 56.7 cm³/mol. The van der Waals surface area contributed by atoms with Crippen LogP contribution in [0.1, 0.15) is 24.5 Å². The summed E-state index contributed by atoms with van der Waals surface area (Å²) >= 11 is 0. The van der Waals surface area contributed by atoms with Crippen LogP contribution in [0, 0.1) is 0 Å². The molecular formula is C12H14F2O2. The summed E-state index contributed by atoms with van der Waals surface area (Å²) in [5.74, 6) is -3.61. The van der Waals surface area contributed by atoms with Crippen LogP contribution in [0.5, 0.6) is 0 Å². The summed E-state index contributed by atoms with van der Waals surface area (Å²) in [5, 5.41) is 8.51. The van der Waals surface area contributed by atoms with Crippen molar-refractivity contribution in [3.05, 3.63) is 35.4 Å². The molecule has 1 rings (SSSR count). The maximum absolute atomic E-state index is 12.8. The van der Waals surface area contributed by atoms with Gasteiger partial charge in [-0.2, -0.15) is 0 Å². The van der Waals surface area contributed by atoms with Crippen molar-refractivity contribution in [2.45, 2.75) is 32.1 Å². The fourth-order valence-corrected chi connectivity index (χ4v) is 1.50. The number of alkyl halides is 2. The number of aliphatic carboxylic acids is 1. The fourth-order valence-electron chi connectivity index (χ4n) is 1.50. The first-order valence-electron chi connectivity index (χ1n) is 5.04. The van der Waals surface area contributed by atoms with E-state index in [4.69, 9.17) is 5.11 Å². The Balaban J connectivity index is 2.67.